The van der Waals surface area contributed by atoms with Crippen molar-refractivity contribution in [1.29, 1.82) is 0 Å². The Bertz CT molecular complexity index is 3400. The minimum atomic E-state index is -0.184. The van der Waals surface area contributed by atoms with Crippen LogP contribution in [0.4, 0.5) is 17.1 Å². The van der Waals surface area contributed by atoms with Crippen molar-refractivity contribution >= 4 is 44.6 Å². The number of aryl methyl sites for hydroxylation is 1. The van der Waals surface area contributed by atoms with Crippen LogP contribution in [0.3, 0.4) is 0 Å². The smallest absolute Gasteiger partial charge is 0.136 e. The molecule has 2 aliphatic rings. The molecule has 1 heterocycles. The first-order valence-electron chi connectivity index (χ1n) is 22.1. The second-order valence-electron chi connectivity index (χ2n) is 17.6. The predicted octanol–water partition coefficient (Wildman–Crippen LogP) is 16.7. The summed E-state index contributed by atoms with van der Waals surface area (Å²) in [5.74, 6) is 0. The van der Waals surface area contributed by atoms with Gasteiger partial charge in [-0.25, -0.2) is 0 Å². The van der Waals surface area contributed by atoms with Crippen LogP contribution in [0, 0.1) is 0 Å². The fraction of sp³-hybridized carbons (Fsp3) is 0.0820. The maximum atomic E-state index is 6.29. The van der Waals surface area contributed by atoms with Crippen LogP contribution in [0.15, 0.2) is 217 Å². The fourth-order valence-electron chi connectivity index (χ4n) is 10.3. The number of hydrogen-bond donors (Lipinski definition) is 0. The van der Waals surface area contributed by atoms with Gasteiger partial charge in [0.2, 0.25) is 0 Å². The molecule has 0 unspecified atom stereocenters. The molecule has 2 nitrogen and oxygen atoms in total. The molecule has 0 amide bonds. The van der Waals surface area contributed by atoms with E-state index in [2.05, 4.69) is 219 Å². The fourth-order valence-corrected chi connectivity index (χ4v) is 10.3. The van der Waals surface area contributed by atoms with Gasteiger partial charge < -0.3 is 9.32 Å². The molecule has 2 heteroatoms. The second-order valence-corrected chi connectivity index (χ2v) is 17.6. The maximum Gasteiger partial charge on any atom is 0.136 e. The highest BCUT2D eigenvalue weighted by atomic mass is 16.3. The zero-order valence-electron chi connectivity index (χ0n) is 35.5. The molecular formula is C61H45NO. The first-order valence-corrected chi connectivity index (χ1v) is 22.1. The van der Waals surface area contributed by atoms with E-state index in [4.69, 9.17) is 4.42 Å². The summed E-state index contributed by atoms with van der Waals surface area (Å²) in [5, 5.41) is 2.29. The molecule has 2 aliphatic carbocycles. The monoisotopic (exact) mass is 807 g/mol. The van der Waals surface area contributed by atoms with Gasteiger partial charge in [0, 0.05) is 33.2 Å². The zero-order valence-corrected chi connectivity index (χ0v) is 35.5. The van der Waals surface area contributed by atoms with Gasteiger partial charge in [0.1, 0.15) is 11.2 Å². The van der Waals surface area contributed by atoms with Crippen LogP contribution in [-0.2, 0) is 11.8 Å². The lowest BCUT2D eigenvalue weighted by Gasteiger charge is -2.28. The van der Waals surface area contributed by atoms with E-state index in [0.29, 0.717) is 0 Å². The number of furan rings is 1. The Morgan fingerprint density at radius 1 is 0.397 bits per heavy atom. The molecule has 0 aliphatic heterocycles. The largest absolute Gasteiger partial charge is 0.456 e. The lowest BCUT2D eigenvalue weighted by atomic mass is 9.81. The average molecular weight is 808 g/mol. The van der Waals surface area contributed by atoms with Gasteiger partial charge in [-0.05, 0) is 151 Å². The van der Waals surface area contributed by atoms with E-state index in [1.54, 1.807) is 0 Å². The summed E-state index contributed by atoms with van der Waals surface area (Å²) in [7, 11) is 0. The van der Waals surface area contributed by atoms with Gasteiger partial charge in [0.25, 0.3) is 0 Å². The van der Waals surface area contributed by atoms with E-state index < -0.39 is 0 Å². The summed E-state index contributed by atoms with van der Waals surface area (Å²) in [6, 6.07) is 75.6. The minimum Gasteiger partial charge on any atom is -0.456 e. The van der Waals surface area contributed by atoms with Crippen molar-refractivity contribution in [2.75, 3.05) is 4.90 Å². The van der Waals surface area contributed by atoms with Gasteiger partial charge in [0.15, 0.2) is 0 Å². The Kier molecular flexibility index (Phi) is 8.69. The third-order valence-electron chi connectivity index (χ3n) is 13.6. The number of anilines is 3. The van der Waals surface area contributed by atoms with Gasteiger partial charge in [-0.3, -0.25) is 0 Å². The van der Waals surface area contributed by atoms with E-state index in [1.807, 2.05) is 12.1 Å². The molecule has 300 valence electrons. The topological polar surface area (TPSA) is 16.4 Å². The van der Waals surface area contributed by atoms with Crippen molar-refractivity contribution in [3.05, 3.63) is 240 Å². The molecule has 10 aromatic rings. The highest BCUT2D eigenvalue weighted by molar-refractivity contribution is 6.06. The molecule has 12 rings (SSSR count). The quantitative estimate of drug-likeness (QED) is 0.159. The molecule has 0 saturated carbocycles. The van der Waals surface area contributed by atoms with Crippen LogP contribution in [0.2, 0.25) is 0 Å². The molecular weight excluding hydrogens is 763 g/mol. The molecule has 0 saturated heterocycles. The lowest BCUT2D eigenvalue weighted by molar-refractivity contribution is 0.660. The van der Waals surface area contributed by atoms with Crippen LogP contribution in [0.5, 0.6) is 0 Å². The van der Waals surface area contributed by atoms with E-state index in [1.165, 1.54) is 66.8 Å². The molecule has 0 fully saturated rings. The van der Waals surface area contributed by atoms with E-state index in [9.17, 15) is 0 Å². The number of para-hydroxylation sites is 1. The number of rotatable bonds is 7. The summed E-state index contributed by atoms with van der Waals surface area (Å²) in [4.78, 5) is 2.41. The van der Waals surface area contributed by atoms with Crippen molar-refractivity contribution in [3.63, 3.8) is 0 Å². The van der Waals surface area contributed by atoms with Gasteiger partial charge >= 0.3 is 0 Å². The van der Waals surface area contributed by atoms with Gasteiger partial charge in [-0.2, -0.15) is 0 Å². The molecule has 9 aromatic carbocycles. The Hall–Kier alpha value is -7.68. The lowest BCUT2D eigenvalue weighted by Crippen LogP contribution is -2.16. The molecule has 1 aromatic heterocycles. The first-order chi connectivity index (χ1) is 31.0. The van der Waals surface area contributed by atoms with Crippen molar-refractivity contribution in [2.24, 2.45) is 0 Å². The predicted molar refractivity (Wildman–Crippen MR) is 264 cm³/mol. The first kappa shape index (κ1) is 37.1. The summed E-state index contributed by atoms with van der Waals surface area (Å²) < 4.78 is 6.29. The van der Waals surface area contributed by atoms with Crippen molar-refractivity contribution in [3.8, 4) is 44.5 Å². The summed E-state index contributed by atoms with van der Waals surface area (Å²) in [5.41, 5.74) is 22.9. The molecule has 0 atom stereocenters. The molecule has 0 N–H and O–H groups in total. The SMILES string of the molecule is CC1(C)c2cc(-c3ccccc3)ccc2-c2ccc(N(c3ccc(-c4ccc5c(c4)oc4ccccc45)cc3)c3ccc(-c4ccccc4C4=CCCc5ccccc54)cc3)cc21. The zero-order chi connectivity index (χ0) is 42.1. The Labute approximate surface area is 369 Å². The van der Waals surface area contributed by atoms with Crippen molar-refractivity contribution < 1.29 is 4.42 Å². The highest BCUT2D eigenvalue weighted by Crippen LogP contribution is 2.52. The summed E-state index contributed by atoms with van der Waals surface area (Å²) in [6.45, 7) is 4.75. The van der Waals surface area contributed by atoms with Crippen LogP contribution < -0.4 is 4.90 Å². The number of hydrogen-bond acceptors (Lipinski definition) is 2. The van der Waals surface area contributed by atoms with Crippen LogP contribution in [0.1, 0.15) is 48.1 Å². The van der Waals surface area contributed by atoms with Crippen molar-refractivity contribution in [2.45, 2.75) is 32.1 Å². The minimum absolute atomic E-state index is 0.184. The van der Waals surface area contributed by atoms with Gasteiger partial charge in [-0.1, -0.05) is 166 Å². The van der Waals surface area contributed by atoms with Crippen LogP contribution >= 0.6 is 0 Å². The third kappa shape index (κ3) is 6.24. The average Bonchev–Trinajstić information content (AvgIpc) is 3.82. The number of fused-ring (bicyclic) bond motifs is 7. The molecule has 0 radical (unpaired) electrons. The van der Waals surface area contributed by atoms with Crippen LogP contribution in [-0.4, -0.2) is 0 Å². The van der Waals surface area contributed by atoms with Crippen LogP contribution in [0.25, 0.3) is 72.0 Å². The summed E-state index contributed by atoms with van der Waals surface area (Å²) >= 11 is 0. The standard InChI is InChI=1S/C61H45NO/c1-61(2)57-37-44(40-13-4-3-5-14-40)27-34-53(57)54-36-33-48(39-58(54)61)62(46-29-23-41(24-30-46)45-28-35-56-55-20-10-11-22-59(55)63-60(56)38-45)47-31-25-43(26-32-47)50-18-8-9-19-51(50)52-21-12-16-42-15-6-7-17-49(42)52/h3-11,13-15,17-39H,12,16H2,1-2H3. The molecule has 0 spiro atoms. The van der Waals surface area contributed by atoms with E-state index >= 15 is 0 Å². The highest BCUT2D eigenvalue weighted by Gasteiger charge is 2.36. The third-order valence-corrected chi connectivity index (χ3v) is 13.6. The number of benzene rings is 9. The van der Waals surface area contributed by atoms with Gasteiger partial charge in [0.05, 0.1) is 0 Å². The molecule has 0 bridgehead atoms. The summed E-state index contributed by atoms with van der Waals surface area (Å²) in [6.07, 6.45) is 4.56. The Morgan fingerprint density at radius 2 is 0.952 bits per heavy atom. The van der Waals surface area contributed by atoms with E-state index in [-0.39, 0.29) is 5.41 Å². The van der Waals surface area contributed by atoms with E-state index in [0.717, 1.165) is 63.0 Å². The second kappa shape index (κ2) is 14.8. The Balaban J connectivity index is 0.945. The van der Waals surface area contributed by atoms with Gasteiger partial charge in [-0.15, -0.1) is 0 Å². The number of allylic oxidation sites excluding steroid dienone is 1. The normalized spacial score (nSPS) is 13.7. The maximum absolute atomic E-state index is 6.29. The number of nitrogens with zero attached hydrogens (tertiary/aromatic N) is 1. The van der Waals surface area contributed by atoms with Crippen molar-refractivity contribution in [1.82, 2.24) is 0 Å². The molecule has 63 heavy (non-hydrogen) atoms. The Morgan fingerprint density at radius 3 is 1.75 bits per heavy atom.